The maximum Gasteiger partial charge on any atom is 0.221 e. The standard InChI is InChI=1S/C18H14N8OS2/c1-2-27-15-8-4-3-7-14(15)26-17(21-23-24-26)29-18-22-25-11-13(20-16(25)28-18)12-6-5-9-19-10-12/h3-11H,2H2,1H3. The highest BCUT2D eigenvalue weighted by atomic mass is 32.2. The van der Waals surface area contributed by atoms with Gasteiger partial charge in [0.15, 0.2) is 4.34 Å². The minimum atomic E-state index is 0.560. The monoisotopic (exact) mass is 422 g/mol. The molecule has 0 bridgehead atoms. The Bertz CT molecular complexity index is 1230. The Labute approximate surface area is 173 Å². The van der Waals surface area contributed by atoms with Crippen molar-refractivity contribution in [3.05, 3.63) is 55.0 Å². The third-order valence-electron chi connectivity index (χ3n) is 3.99. The molecule has 144 valence electrons. The average Bonchev–Trinajstić information content (AvgIpc) is 3.45. The third-order valence-corrected chi connectivity index (χ3v) is 5.91. The molecule has 0 spiro atoms. The Balaban J connectivity index is 1.44. The summed E-state index contributed by atoms with van der Waals surface area (Å²) >= 11 is 2.85. The van der Waals surface area contributed by atoms with Gasteiger partial charge in [-0.25, -0.2) is 9.50 Å². The zero-order chi connectivity index (χ0) is 19.6. The van der Waals surface area contributed by atoms with E-state index in [0.717, 1.165) is 32.0 Å². The molecular formula is C18H14N8OS2. The number of pyridine rings is 1. The van der Waals surface area contributed by atoms with Crippen molar-refractivity contribution in [1.29, 1.82) is 0 Å². The summed E-state index contributed by atoms with van der Waals surface area (Å²) in [6.07, 6.45) is 5.41. The first-order chi connectivity index (χ1) is 14.3. The lowest BCUT2D eigenvalue weighted by molar-refractivity contribution is 0.337. The van der Waals surface area contributed by atoms with Crippen molar-refractivity contribution in [2.75, 3.05) is 6.61 Å². The number of imidazole rings is 1. The van der Waals surface area contributed by atoms with Gasteiger partial charge in [0.1, 0.15) is 11.4 Å². The van der Waals surface area contributed by atoms with E-state index in [2.05, 4.69) is 30.6 Å². The lowest BCUT2D eigenvalue weighted by Gasteiger charge is -2.09. The summed E-state index contributed by atoms with van der Waals surface area (Å²) in [5, 5.41) is 17.3. The normalized spacial score (nSPS) is 11.2. The highest BCUT2D eigenvalue weighted by Crippen LogP contribution is 2.33. The average molecular weight is 422 g/mol. The number of rotatable bonds is 6. The second-order valence-electron chi connectivity index (χ2n) is 5.84. The van der Waals surface area contributed by atoms with E-state index in [4.69, 9.17) is 4.74 Å². The van der Waals surface area contributed by atoms with Crippen LogP contribution in [0.15, 0.2) is 64.5 Å². The van der Waals surface area contributed by atoms with Gasteiger partial charge >= 0.3 is 0 Å². The number of benzene rings is 1. The molecule has 29 heavy (non-hydrogen) atoms. The second-order valence-corrected chi connectivity index (χ2v) is 8.01. The molecule has 0 aliphatic rings. The number of aromatic nitrogens is 8. The molecule has 0 aliphatic carbocycles. The fourth-order valence-electron chi connectivity index (χ4n) is 2.76. The maximum atomic E-state index is 5.70. The van der Waals surface area contributed by atoms with E-state index in [1.807, 2.05) is 49.5 Å². The molecular weight excluding hydrogens is 408 g/mol. The first kappa shape index (κ1) is 17.8. The molecule has 0 fully saturated rings. The van der Waals surface area contributed by atoms with Crippen molar-refractivity contribution >= 4 is 28.1 Å². The van der Waals surface area contributed by atoms with Gasteiger partial charge in [-0.1, -0.05) is 23.5 Å². The minimum Gasteiger partial charge on any atom is -0.492 e. The Hall–Kier alpha value is -3.31. The fraction of sp³-hybridized carbons (Fsp3) is 0.111. The number of nitrogens with zero attached hydrogens (tertiary/aromatic N) is 8. The Morgan fingerprint density at radius 1 is 1.17 bits per heavy atom. The van der Waals surface area contributed by atoms with Crippen LogP contribution in [0.5, 0.6) is 5.75 Å². The molecule has 0 N–H and O–H groups in total. The number of hydrogen-bond donors (Lipinski definition) is 0. The van der Waals surface area contributed by atoms with E-state index >= 15 is 0 Å². The second kappa shape index (κ2) is 7.60. The Kier molecular flexibility index (Phi) is 4.66. The molecule has 0 amide bonds. The smallest absolute Gasteiger partial charge is 0.221 e. The van der Waals surface area contributed by atoms with E-state index in [-0.39, 0.29) is 0 Å². The van der Waals surface area contributed by atoms with Crippen LogP contribution in [0.3, 0.4) is 0 Å². The van der Waals surface area contributed by atoms with Crippen molar-refractivity contribution in [2.24, 2.45) is 0 Å². The van der Waals surface area contributed by atoms with Crippen LogP contribution in [0.1, 0.15) is 6.92 Å². The molecule has 0 unspecified atom stereocenters. The predicted molar refractivity (Wildman–Crippen MR) is 109 cm³/mol. The number of para-hydroxylation sites is 2. The van der Waals surface area contributed by atoms with Gasteiger partial charge in [0.2, 0.25) is 10.1 Å². The molecule has 0 radical (unpaired) electrons. The zero-order valence-electron chi connectivity index (χ0n) is 15.2. The third kappa shape index (κ3) is 3.45. The van der Waals surface area contributed by atoms with Crippen LogP contribution < -0.4 is 4.74 Å². The van der Waals surface area contributed by atoms with Gasteiger partial charge < -0.3 is 4.74 Å². The summed E-state index contributed by atoms with van der Waals surface area (Å²) in [4.78, 5) is 9.57. The van der Waals surface area contributed by atoms with E-state index in [1.165, 1.54) is 23.1 Å². The van der Waals surface area contributed by atoms with Crippen LogP contribution in [0.25, 0.3) is 21.9 Å². The van der Waals surface area contributed by atoms with Crippen LogP contribution in [0.4, 0.5) is 0 Å². The van der Waals surface area contributed by atoms with Crippen LogP contribution in [-0.2, 0) is 0 Å². The molecule has 5 rings (SSSR count). The molecule has 4 aromatic heterocycles. The van der Waals surface area contributed by atoms with E-state index in [1.54, 1.807) is 21.6 Å². The van der Waals surface area contributed by atoms with Crippen molar-refractivity contribution in [2.45, 2.75) is 16.4 Å². The predicted octanol–water partition coefficient (Wildman–Crippen LogP) is 3.38. The summed E-state index contributed by atoms with van der Waals surface area (Å²) in [6.45, 7) is 2.50. The number of ether oxygens (including phenoxy) is 1. The van der Waals surface area contributed by atoms with Crippen LogP contribution in [-0.4, -0.2) is 46.4 Å². The molecule has 0 aliphatic heterocycles. The lowest BCUT2D eigenvalue weighted by Crippen LogP contribution is -2.03. The van der Waals surface area contributed by atoms with E-state index < -0.39 is 0 Å². The van der Waals surface area contributed by atoms with E-state index in [0.29, 0.717) is 11.8 Å². The van der Waals surface area contributed by atoms with Crippen LogP contribution in [0, 0.1) is 0 Å². The number of tetrazole rings is 1. The van der Waals surface area contributed by atoms with Gasteiger partial charge in [-0.15, -0.1) is 10.2 Å². The first-order valence-electron chi connectivity index (χ1n) is 8.77. The molecule has 1 aromatic carbocycles. The Morgan fingerprint density at radius 2 is 2.10 bits per heavy atom. The highest BCUT2D eigenvalue weighted by Gasteiger charge is 2.17. The molecule has 5 aromatic rings. The summed E-state index contributed by atoms with van der Waals surface area (Å²) in [6, 6.07) is 11.5. The zero-order valence-corrected chi connectivity index (χ0v) is 16.8. The lowest BCUT2D eigenvalue weighted by atomic mass is 10.2. The minimum absolute atomic E-state index is 0.560. The number of fused-ring (bicyclic) bond motifs is 1. The van der Waals surface area contributed by atoms with E-state index in [9.17, 15) is 0 Å². The van der Waals surface area contributed by atoms with Crippen LogP contribution in [0.2, 0.25) is 0 Å². The van der Waals surface area contributed by atoms with Crippen molar-refractivity contribution < 1.29 is 4.74 Å². The van der Waals surface area contributed by atoms with Gasteiger partial charge in [0.05, 0.1) is 18.5 Å². The summed E-state index contributed by atoms with van der Waals surface area (Å²) in [5.41, 5.74) is 2.57. The van der Waals surface area contributed by atoms with Crippen molar-refractivity contribution in [3.8, 4) is 22.7 Å². The first-order valence-corrected chi connectivity index (χ1v) is 10.4. The van der Waals surface area contributed by atoms with Gasteiger partial charge in [-0.3, -0.25) is 4.98 Å². The summed E-state index contributed by atoms with van der Waals surface area (Å²) in [7, 11) is 0. The number of hydrogen-bond acceptors (Lipinski definition) is 9. The van der Waals surface area contributed by atoms with Gasteiger partial charge in [-0.05, 0) is 53.4 Å². The molecule has 0 saturated heterocycles. The van der Waals surface area contributed by atoms with Gasteiger partial charge in [-0.2, -0.15) is 4.68 Å². The summed E-state index contributed by atoms with van der Waals surface area (Å²) < 4.78 is 9.90. The quantitative estimate of drug-likeness (QED) is 0.411. The van der Waals surface area contributed by atoms with Crippen molar-refractivity contribution in [1.82, 2.24) is 39.8 Å². The topological polar surface area (TPSA) is 95.9 Å². The SMILES string of the molecule is CCOc1ccccc1-n1nnnc1Sc1nn2cc(-c3cccnc3)nc2s1. The largest absolute Gasteiger partial charge is 0.492 e. The van der Waals surface area contributed by atoms with Crippen LogP contribution >= 0.6 is 23.1 Å². The molecule has 0 saturated carbocycles. The maximum absolute atomic E-state index is 5.70. The Morgan fingerprint density at radius 3 is 2.93 bits per heavy atom. The van der Waals surface area contributed by atoms with Gasteiger partial charge in [0.25, 0.3) is 0 Å². The molecule has 9 nitrogen and oxygen atoms in total. The fourth-order valence-corrected chi connectivity index (χ4v) is 4.57. The molecule has 0 atom stereocenters. The molecule has 4 heterocycles. The highest BCUT2D eigenvalue weighted by molar-refractivity contribution is 8.01. The van der Waals surface area contributed by atoms with Gasteiger partial charge in [0, 0.05) is 18.0 Å². The van der Waals surface area contributed by atoms with Crippen molar-refractivity contribution in [3.63, 3.8) is 0 Å². The summed E-state index contributed by atoms with van der Waals surface area (Å²) in [5.74, 6) is 0.721. The molecule has 11 heteroatoms.